The molecule has 14 heteroatoms. The van der Waals surface area contributed by atoms with Gasteiger partial charge in [0.2, 0.25) is 5.91 Å². The second kappa shape index (κ2) is 19.3. The first-order chi connectivity index (χ1) is 30.0. The predicted octanol–water partition coefficient (Wildman–Crippen LogP) is 7.40. The summed E-state index contributed by atoms with van der Waals surface area (Å²) in [6, 6.07) is 31.6. The van der Waals surface area contributed by atoms with E-state index in [1.807, 2.05) is 84.5 Å². The molecule has 5 aromatic rings. The van der Waals surface area contributed by atoms with Gasteiger partial charge in [0.05, 0.1) is 37.9 Å². The van der Waals surface area contributed by atoms with E-state index in [1.54, 1.807) is 26.4 Å². The molecule has 2 unspecified atom stereocenters. The third kappa shape index (κ3) is 9.20. The summed E-state index contributed by atoms with van der Waals surface area (Å²) in [5.41, 5.74) is 7.16. The molecule has 9 rings (SSSR count). The highest BCUT2D eigenvalue weighted by Gasteiger charge is 2.64. The van der Waals surface area contributed by atoms with E-state index in [1.165, 1.54) is 31.6 Å². The van der Waals surface area contributed by atoms with Crippen molar-refractivity contribution in [2.24, 2.45) is 5.41 Å². The molecule has 2 atom stereocenters. The lowest BCUT2D eigenvalue weighted by Gasteiger charge is -2.40. The van der Waals surface area contributed by atoms with E-state index in [0.717, 1.165) is 69.0 Å². The number of hydrogen-bond donors (Lipinski definition) is 1. The molecular weight excluding hydrogens is 809 g/mol. The van der Waals surface area contributed by atoms with Crippen molar-refractivity contribution in [3.8, 4) is 17.0 Å². The molecule has 2 aliphatic heterocycles. The zero-order valence-electron chi connectivity index (χ0n) is 35.9. The summed E-state index contributed by atoms with van der Waals surface area (Å²) in [5, 5.41) is 1.04. The molecule has 3 heterocycles. The van der Waals surface area contributed by atoms with Crippen LogP contribution in [0.15, 0.2) is 97.1 Å². The third-order valence-corrected chi connectivity index (χ3v) is 13.9. The predicted molar refractivity (Wildman–Crippen MR) is 237 cm³/mol. The zero-order valence-corrected chi connectivity index (χ0v) is 36.7. The van der Waals surface area contributed by atoms with Gasteiger partial charge in [-0.3, -0.25) is 9.59 Å². The molecule has 1 saturated heterocycles. The number of carbonyl (C=O) groups is 3. The zero-order chi connectivity index (χ0) is 44.0. The van der Waals surface area contributed by atoms with Gasteiger partial charge in [0.15, 0.2) is 0 Å². The highest BCUT2D eigenvalue weighted by molar-refractivity contribution is 7.87. The summed E-state index contributed by atoms with van der Waals surface area (Å²) < 4.78 is 41.2. The van der Waals surface area contributed by atoms with Gasteiger partial charge in [-0.15, -0.1) is 0 Å². The Kier molecular flexibility index (Phi) is 13.9. The second-order valence-corrected chi connectivity index (χ2v) is 18.5. The topological polar surface area (TPSA) is 146 Å². The van der Waals surface area contributed by atoms with Gasteiger partial charge < -0.3 is 23.7 Å². The van der Waals surface area contributed by atoms with Crippen molar-refractivity contribution in [1.29, 1.82) is 0 Å². The lowest BCUT2D eigenvalue weighted by atomic mass is 9.81. The van der Waals surface area contributed by atoms with Crippen LogP contribution >= 0.6 is 0 Å². The van der Waals surface area contributed by atoms with Gasteiger partial charge in [-0.25, -0.2) is 14.5 Å². The minimum absolute atomic E-state index is 0.00438. The molecule has 0 radical (unpaired) electrons. The molecule has 1 N–H and O–H groups in total. The number of ether oxygens (including phenoxy) is 2. The number of methoxy groups -OCH3 is 2. The highest BCUT2D eigenvalue weighted by Crippen LogP contribution is 2.66. The largest absolute Gasteiger partial charge is 0.497 e. The maximum atomic E-state index is 14.6. The first-order valence-corrected chi connectivity index (χ1v) is 22.5. The molecule has 2 amide bonds. The number of amides is 2. The average molecular weight is 865 g/mol. The molecule has 2 aliphatic carbocycles. The number of likely N-dealkylation sites (tertiary alicyclic amines) is 1. The minimum Gasteiger partial charge on any atom is -0.497 e. The molecular formula is C48H56N4O9S. The number of benzene rings is 4. The van der Waals surface area contributed by atoms with Crippen molar-refractivity contribution in [2.75, 3.05) is 41.4 Å². The van der Waals surface area contributed by atoms with Gasteiger partial charge in [0.25, 0.3) is 5.91 Å². The smallest absolute Gasteiger partial charge is 0.303 e. The van der Waals surface area contributed by atoms with E-state index >= 15 is 0 Å². The molecule has 0 bridgehead atoms. The Bertz CT molecular complexity index is 2460. The lowest BCUT2D eigenvalue weighted by molar-refractivity contribution is -0.349. The fourth-order valence-corrected chi connectivity index (χ4v) is 9.72. The van der Waals surface area contributed by atoms with Gasteiger partial charge >= 0.3 is 10.2 Å². The van der Waals surface area contributed by atoms with E-state index in [4.69, 9.17) is 24.0 Å². The van der Waals surface area contributed by atoms with E-state index in [0.29, 0.717) is 45.2 Å². The average Bonchev–Trinajstić information content (AvgIpc) is 3.95. The molecule has 4 aliphatic rings. The van der Waals surface area contributed by atoms with Crippen LogP contribution < -0.4 is 9.46 Å². The molecule has 3 fully saturated rings. The summed E-state index contributed by atoms with van der Waals surface area (Å²) in [6.45, 7) is 4.39. The Morgan fingerprint density at radius 1 is 0.855 bits per heavy atom. The van der Waals surface area contributed by atoms with Crippen molar-refractivity contribution in [3.05, 3.63) is 125 Å². The van der Waals surface area contributed by atoms with E-state index in [9.17, 15) is 18.0 Å². The number of fused-ring (bicyclic) bond motifs is 7. The first kappa shape index (κ1) is 44.7. The van der Waals surface area contributed by atoms with Crippen LogP contribution in [0.5, 0.6) is 5.75 Å². The van der Waals surface area contributed by atoms with Crippen LogP contribution in [0.3, 0.4) is 0 Å². The summed E-state index contributed by atoms with van der Waals surface area (Å²) in [6.07, 6.45) is 6.12. The monoisotopic (exact) mass is 864 g/mol. The van der Waals surface area contributed by atoms with Crippen LogP contribution in [0, 0.1) is 5.41 Å². The van der Waals surface area contributed by atoms with Crippen LogP contribution in [0.2, 0.25) is 0 Å². The van der Waals surface area contributed by atoms with Crippen LogP contribution in [0.25, 0.3) is 22.2 Å². The van der Waals surface area contributed by atoms with Gasteiger partial charge in [-0.05, 0) is 77.8 Å². The molecule has 2 saturated carbocycles. The Morgan fingerprint density at radius 2 is 1.52 bits per heavy atom. The standard InChI is InChI=1S/C39H44N4O7S.C8H10O.CH2O/c1-41(2)51(46,47)40-37(44)27-14-16-31-34(18-27)43-24-39(38(45)42-21-29(22-42)50-49-23-25-10-6-4-7-11-25)20-33(39)32-19-28(48-3)15-17-30(32)36(43)35(31)26-12-8-5-9-13-26;1-9-7-8-5-3-2-4-6-8;1-2/h4,6-7,10-11,14-19,26,29,33H,5,8-9,12-13,20-24H2,1-3H3,(H,40,44);2-6H,7H2,1H3;1H2. The first-order valence-electron chi connectivity index (χ1n) is 21.1. The Morgan fingerprint density at radius 3 is 2.15 bits per heavy atom. The number of rotatable bonds is 12. The van der Waals surface area contributed by atoms with E-state index in [2.05, 4.69) is 21.4 Å². The number of nitrogens with zero attached hydrogens (tertiary/aromatic N) is 3. The molecule has 0 spiro atoms. The normalized spacial score (nSPS) is 19.3. The van der Waals surface area contributed by atoms with Gasteiger partial charge in [0, 0.05) is 55.7 Å². The van der Waals surface area contributed by atoms with Crippen molar-refractivity contribution >= 4 is 39.7 Å². The number of hydrogen-bond acceptors (Lipinski definition) is 9. The third-order valence-electron chi connectivity index (χ3n) is 12.5. The number of nitrogens with one attached hydrogen (secondary N) is 1. The minimum atomic E-state index is -3.99. The van der Waals surface area contributed by atoms with Gasteiger partial charge in [0.1, 0.15) is 25.2 Å². The summed E-state index contributed by atoms with van der Waals surface area (Å²) >= 11 is 0. The van der Waals surface area contributed by atoms with E-state index in [-0.39, 0.29) is 23.5 Å². The van der Waals surface area contributed by atoms with Gasteiger partial charge in [-0.1, -0.05) is 86.0 Å². The SMILES string of the molecule is C=O.COCc1ccccc1.COc1ccc2c(c1)C1CC1(C(=O)N1CC(OOCc3ccccc3)C1)Cn1c-2c(C2CCCCC2)c2ccc(C(=O)NS(=O)(=O)N(C)C)cc21. The Hall–Kier alpha value is -5.38. The number of aromatic nitrogens is 1. The van der Waals surface area contributed by atoms with Crippen molar-refractivity contribution in [1.82, 2.24) is 18.5 Å². The molecule has 62 heavy (non-hydrogen) atoms. The van der Waals surface area contributed by atoms with E-state index < -0.39 is 21.5 Å². The maximum absolute atomic E-state index is 14.6. The van der Waals surface area contributed by atoms with Crippen LogP contribution in [0.4, 0.5) is 0 Å². The summed E-state index contributed by atoms with van der Waals surface area (Å²) in [4.78, 5) is 49.0. The summed E-state index contributed by atoms with van der Waals surface area (Å²) in [5.74, 6) is 0.459. The van der Waals surface area contributed by atoms with Gasteiger partial charge in [-0.2, -0.15) is 12.7 Å². The fraction of sp³-hybridized carbons (Fsp3) is 0.396. The molecule has 13 nitrogen and oxygen atoms in total. The van der Waals surface area contributed by atoms with Crippen molar-refractivity contribution in [2.45, 2.75) is 76.2 Å². The highest BCUT2D eigenvalue weighted by atomic mass is 32.2. The maximum Gasteiger partial charge on any atom is 0.303 e. The Labute approximate surface area is 364 Å². The van der Waals surface area contributed by atoms with Crippen LogP contribution in [-0.2, 0) is 54.1 Å². The second-order valence-electron chi connectivity index (χ2n) is 16.6. The van der Waals surface area contributed by atoms with Crippen molar-refractivity contribution in [3.63, 3.8) is 0 Å². The summed E-state index contributed by atoms with van der Waals surface area (Å²) in [7, 11) is 2.13. The molecule has 1 aromatic heterocycles. The lowest BCUT2D eigenvalue weighted by Crippen LogP contribution is -2.57. The van der Waals surface area contributed by atoms with Crippen LogP contribution in [0.1, 0.15) is 83.0 Å². The fourth-order valence-electron chi connectivity index (χ4n) is 9.18. The quantitative estimate of drug-likeness (QED) is 0.100. The number of carbonyl (C=O) groups excluding carboxylic acids is 3. The van der Waals surface area contributed by atoms with Crippen LogP contribution in [-0.4, -0.2) is 88.3 Å². The molecule has 328 valence electrons. The molecule has 4 aromatic carbocycles. The van der Waals surface area contributed by atoms with Crippen molar-refractivity contribution < 1.29 is 42.1 Å². The Balaban J connectivity index is 0.000000464.